The molecule has 0 spiro atoms. The van der Waals surface area contributed by atoms with Gasteiger partial charge in [0.2, 0.25) is 11.7 Å². The molecule has 1 amide bonds. The van der Waals surface area contributed by atoms with Gasteiger partial charge >= 0.3 is 0 Å². The monoisotopic (exact) mass is 423 g/mol. The summed E-state index contributed by atoms with van der Waals surface area (Å²) in [5.41, 5.74) is 5.14. The van der Waals surface area contributed by atoms with Gasteiger partial charge in [-0.25, -0.2) is 0 Å². The first-order valence-electron chi connectivity index (χ1n) is 11.0. The van der Waals surface area contributed by atoms with Gasteiger partial charge < -0.3 is 9.42 Å². The molecule has 0 N–H and O–H groups in total. The fourth-order valence-electron chi connectivity index (χ4n) is 4.17. The Morgan fingerprint density at radius 1 is 0.844 bits per heavy atom. The fourth-order valence-corrected chi connectivity index (χ4v) is 4.17. The van der Waals surface area contributed by atoms with Gasteiger partial charge in [0.1, 0.15) is 0 Å². The maximum Gasteiger partial charge on any atom is 0.253 e. The van der Waals surface area contributed by atoms with E-state index in [4.69, 9.17) is 4.52 Å². The normalized spacial score (nSPS) is 14.5. The minimum absolute atomic E-state index is 0.0777. The lowest BCUT2D eigenvalue weighted by atomic mass is 9.96. The number of rotatable bonds is 4. The molecule has 160 valence electrons. The quantitative estimate of drug-likeness (QED) is 0.420. The lowest BCUT2D eigenvalue weighted by Gasteiger charge is -2.30. The zero-order chi connectivity index (χ0) is 21.9. The number of nitrogens with zero attached hydrogens (tertiary/aromatic N) is 3. The third kappa shape index (κ3) is 4.19. The topological polar surface area (TPSA) is 59.2 Å². The molecule has 1 fully saturated rings. The van der Waals surface area contributed by atoms with Crippen molar-refractivity contribution in [1.29, 1.82) is 0 Å². The average Bonchev–Trinajstić information content (AvgIpc) is 3.35. The molecule has 5 nitrogen and oxygen atoms in total. The highest BCUT2D eigenvalue weighted by molar-refractivity contribution is 5.94. The van der Waals surface area contributed by atoms with Crippen molar-refractivity contribution in [1.82, 2.24) is 15.0 Å². The molecule has 5 rings (SSSR count). The zero-order valence-electron chi connectivity index (χ0n) is 18.1. The molecular weight excluding hydrogens is 398 g/mol. The number of amides is 1. The number of benzene rings is 3. The fraction of sp³-hybridized carbons (Fsp3) is 0.222. The van der Waals surface area contributed by atoms with Crippen molar-refractivity contribution in [3.63, 3.8) is 0 Å². The molecule has 2 heterocycles. The van der Waals surface area contributed by atoms with Crippen molar-refractivity contribution in [2.75, 3.05) is 13.1 Å². The van der Waals surface area contributed by atoms with E-state index >= 15 is 0 Å². The number of aryl methyl sites for hydroxylation is 1. The van der Waals surface area contributed by atoms with Crippen molar-refractivity contribution in [3.8, 4) is 22.5 Å². The number of hydrogen-bond donors (Lipinski definition) is 0. The van der Waals surface area contributed by atoms with Crippen LogP contribution < -0.4 is 0 Å². The smallest absolute Gasteiger partial charge is 0.253 e. The molecular formula is C27H25N3O2. The maximum atomic E-state index is 13.0. The lowest BCUT2D eigenvalue weighted by molar-refractivity contribution is 0.0704. The van der Waals surface area contributed by atoms with E-state index in [0.717, 1.165) is 35.1 Å². The third-order valence-corrected chi connectivity index (χ3v) is 6.12. The number of carbonyl (C=O) groups is 1. The Hall–Kier alpha value is -3.73. The lowest BCUT2D eigenvalue weighted by Crippen LogP contribution is -2.38. The number of carbonyl (C=O) groups excluding carboxylic acids is 1. The van der Waals surface area contributed by atoms with Crippen LogP contribution in [0.1, 0.15) is 40.6 Å². The standard InChI is InChI=1S/C27H25N3O2/c1-19-7-9-22(10-8-19)25-28-26(32-29-25)23-15-17-30(18-16-23)27(31)24-13-11-21(12-14-24)20-5-3-2-4-6-20/h2-14,23H,15-18H2,1H3. The summed E-state index contributed by atoms with van der Waals surface area (Å²) in [6.45, 7) is 3.43. The van der Waals surface area contributed by atoms with Crippen LogP contribution in [0.5, 0.6) is 0 Å². The molecule has 1 aliphatic rings. The Balaban J connectivity index is 1.21. The predicted octanol–water partition coefficient (Wildman–Crippen LogP) is 5.73. The summed E-state index contributed by atoms with van der Waals surface area (Å²) in [5, 5.41) is 4.16. The molecule has 1 saturated heterocycles. The minimum atomic E-state index is 0.0777. The molecule has 1 aliphatic heterocycles. The Kier molecular flexibility index (Phi) is 5.55. The molecule has 0 atom stereocenters. The summed E-state index contributed by atoms with van der Waals surface area (Å²) < 4.78 is 5.56. The second kappa shape index (κ2) is 8.79. The maximum absolute atomic E-state index is 13.0. The molecule has 0 radical (unpaired) electrons. The minimum Gasteiger partial charge on any atom is -0.339 e. The molecule has 0 aliphatic carbocycles. The van der Waals surface area contributed by atoms with E-state index in [1.807, 2.05) is 71.6 Å². The van der Waals surface area contributed by atoms with Crippen molar-refractivity contribution >= 4 is 5.91 Å². The zero-order valence-corrected chi connectivity index (χ0v) is 18.1. The molecule has 0 saturated carbocycles. The van der Waals surface area contributed by atoms with E-state index < -0.39 is 0 Å². The van der Waals surface area contributed by atoms with Crippen molar-refractivity contribution < 1.29 is 9.32 Å². The molecule has 32 heavy (non-hydrogen) atoms. The van der Waals surface area contributed by atoms with Crippen LogP contribution in [0.15, 0.2) is 83.4 Å². The highest BCUT2D eigenvalue weighted by atomic mass is 16.5. The van der Waals surface area contributed by atoms with Crippen molar-refractivity contribution in [2.24, 2.45) is 0 Å². The van der Waals surface area contributed by atoms with Crippen molar-refractivity contribution in [3.05, 3.63) is 95.9 Å². The first-order chi connectivity index (χ1) is 15.7. The van der Waals surface area contributed by atoms with Crippen LogP contribution in [0.25, 0.3) is 22.5 Å². The number of piperidine rings is 1. The van der Waals surface area contributed by atoms with E-state index in [9.17, 15) is 4.79 Å². The third-order valence-electron chi connectivity index (χ3n) is 6.12. The van der Waals surface area contributed by atoms with E-state index in [1.54, 1.807) is 0 Å². The van der Waals surface area contributed by atoms with E-state index in [2.05, 4.69) is 29.2 Å². The van der Waals surface area contributed by atoms with Gasteiger partial charge in [-0.3, -0.25) is 4.79 Å². The van der Waals surface area contributed by atoms with Crippen LogP contribution >= 0.6 is 0 Å². The number of hydrogen-bond acceptors (Lipinski definition) is 4. The summed E-state index contributed by atoms with van der Waals surface area (Å²) >= 11 is 0. The summed E-state index contributed by atoms with van der Waals surface area (Å²) in [4.78, 5) is 19.5. The summed E-state index contributed by atoms with van der Waals surface area (Å²) in [6.07, 6.45) is 1.65. The second-order valence-corrected chi connectivity index (χ2v) is 8.33. The SMILES string of the molecule is Cc1ccc(-c2noc(C3CCN(C(=O)c4ccc(-c5ccccc5)cc4)CC3)n2)cc1. The first-order valence-corrected chi connectivity index (χ1v) is 11.0. The Labute approximate surface area is 187 Å². The number of aromatic nitrogens is 2. The summed E-state index contributed by atoms with van der Waals surface area (Å²) in [6, 6.07) is 26.2. The predicted molar refractivity (Wildman–Crippen MR) is 124 cm³/mol. The number of likely N-dealkylation sites (tertiary alicyclic amines) is 1. The van der Waals surface area contributed by atoms with Crippen LogP contribution in [-0.4, -0.2) is 34.0 Å². The Morgan fingerprint density at radius 2 is 1.47 bits per heavy atom. The van der Waals surface area contributed by atoms with E-state index in [0.29, 0.717) is 24.8 Å². The highest BCUT2D eigenvalue weighted by Gasteiger charge is 2.28. The molecule has 4 aromatic rings. The van der Waals surface area contributed by atoms with E-state index in [-0.39, 0.29) is 11.8 Å². The Bertz CT molecular complexity index is 1190. The van der Waals surface area contributed by atoms with Gasteiger partial charge in [0, 0.05) is 30.1 Å². The van der Waals surface area contributed by atoms with Gasteiger partial charge in [-0.15, -0.1) is 0 Å². The van der Waals surface area contributed by atoms with Gasteiger partial charge in [0.15, 0.2) is 0 Å². The van der Waals surface area contributed by atoms with Crippen LogP contribution in [0.3, 0.4) is 0 Å². The van der Waals surface area contributed by atoms with Gasteiger partial charge in [-0.05, 0) is 43.0 Å². The molecule has 0 unspecified atom stereocenters. The van der Waals surface area contributed by atoms with E-state index in [1.165, 1.54) is 5.56 Å². The van der Waals surface area contributed by atoms with Crippen LogP contribution in [-0.2, 0) is 0 Å². The molecule has 0 bridgehead atoms. The van der Waals surface area contributed by atoms with Crippen molar-refractivity contribution in [2.45, 2.75) is 25.7 Å². The van der Waals surface area contributed by atoms with Gasteiger partial charge in [0.25, 0.3) is 5.91 Å². The van der Waals surface area contributed by atoms with Gasteiger partial charge in [0.05, 0.1) is 0 Å². The van der Waals surface area contributed by atoms with Crippen LogP contribution in [0.2, 0.25) is 0 Å². The van der Waals surface area contributed by atoms with Crippen LogP contribution in [0.4, 0.5) is 0 Å². The largest absolute Gasteiger partial charge is 0.339 e. The average molecular weight is 424 g/mol. The van der Waals surface area contributed by atoms with Crippen LogP contribution in [0, 0.1) is 6.92 Å². The molecule has 5 heteroatoms. The van der Waals surface area contributed by atoms with Gasteiger partial charge in [-0.2, -0.15) is 4.98 Å². The van der Waals surface area contributed by atoms with Gasteiger partial charge in [-0.1, -0.05) is 77.5 Å². The molecule has 3 aromatic carbocycles. The second-order valence-electron chi connectivity index (χ2n) is 8.33. The Morgan fingerprint density at radius 3 is 2.16 bits per heavy atom. The first kappa shape index (κ1) is 20.2. The molecule has 1 aromatic heterocycles. The summed E-state index contributed by atoms with van der Waals surface area (Å²) in [5.74, 6) is 1.55. The highest BCUT2D eigenvalue weighted by Crippen LogP contribution is 2.29. The summed E-state index contributed by atoms with van der Waals surface area (Å²) in [7, 11) is 0.